The molecule has 0 radical (unpaired) electrons. The van der Waals surface area contributed by atoms with Gasteiger partial charge in [0.1, 0.15) is 16.5 Å². The summed E-state index contributed by atoms with van der Waals surface area (Å²) in [5.74, 6) is -0.691. The molecule has 0 saturated carbocycles. The molecule has 2 aromatic rings. The number of methoxy groups -OCH3 is 2. The highest BCUT2D eigenvalue weighted by molar-refractivity contribution is 7.09. The van der Waals surface area contributed by atoms with Crippen LogP contribution in [-0.2, 0) is 16.0 Å². The molecule has 0 spiro atoms. The van der Waals surface area contributed by atoms with Crippen molar-refractivity contribution in [3.8, 4) is 0 Å². The molecular formula is C20H27FN4O4S. The van der Waals surface area contributed by atoms with Crippen LogP contribution in [0, 0.1) is 5.82 Å². The van der Waals surface area contributed by atoms with Gasteiger partial charge >= 0.3 is 6.03 Å². The van der Waals surface area contributed by atoms with E-state index in [-0.39, 0.29) is 18.5 Å². The molecule has 0 fully saturated rings. The van der Waals surface area contributed by atoms with E-state index in [2.05, 4.69) is 15.6 Å². The predicted molar refractivity (Wildman–Crippen MR) is 113 cm³/mol. The molecule has 2 rings (SSSR count). The van der Waals surface area contributed by atoms with Gasteiger partial charge in [0, 0.05) is 51.6 Å². The third-order valence-electron chi connectivity index (χ3n) is 4.06. The topological polar surface area (TPSA) is 92.8 Å². The third kappa shape index (κ3) is 8.05. The average molecular weight is 439 g/mol. The zero-order valence-corrected chi connectivity index (χ0v) is 18.0. The smallest absolute Gasteiger partial charge is 0.322 e. The van der Waals surface area contributed by atoms with Crippen LogP contribution in [0.25, 0.3) is 0 Å². The Balaban J connectivity index is 1.99. The van der Waals surface area contributed by atoms with Crippen molar-refractivity contribution in [1.82, 2.24) is 15.2 Å². The summed E-state index contributed by atoms with van der Waals surface area (Å²) >= 11 is 1.31. The summed E-state index contributed by atoms with van der Waals surface area (Å²) in [5, 5.41) is 7.77. The van der Waals surface area contributed by atoms with Crippen LogP contribution in [0.1, 0.15) is 28.3 Å². The summed E-state index contributed by atoms with van der Waals surface area (Å²) in [6, 6.07) is 5.32. The second-order valence-electron chi connectivity index (χ2n) is 6.44. The lowest BCUT2D eigenvalue weighted by atomic mass is 10.3. The fraction of sp³-hybridized carbons (Fsp3) is 0.450. The highest BCUT2D eigenvalue weighted by Crippen LogP contribution is 2.15. The van der Waals surface area contributed by atoms with Crippen molar-refractivity contribution in [2.75, 3.05) is 45.8 Å². The quantitative estimate of drug-likeness (QED) is 0.497. The van der Waals surface area contributed by atoms with Crippen molar-refractivity contribution in [1.29, 1.82) is 0 Å². The predicted octanol–water partition coefficient (Wildman–Crippen LogP) is 3.12. The van der Waals surface area contributed by atoms with E-state index in [1.165, 1.54) is 29.5 Å². The maximum atomic E-state index is 13.4. The number of carbonyl (C=O) groups is 2. The number of hydrogen-bond donors (Lipinski definition) is 2. The molecule has 1 heterocycles. The lowest BCUT2D eigenvalue weighted by Crippen LogP contribution is -2.35. The number of nitrogens with one attached hydrogen (secondary N) is 2. The number of hydrogen-bond acceptors (Lipinski definition) is 6. The van der Waals surface area contributed by atoms with Crippen LogP contribution in [0.5, 0.6) is 0 Å². The first-order valence-electron chi connectivity index (χ1n) is 9.55. The van der Waals surface area contributed by atoms with Crippen LogP contribution in [0.4, 0.5) is 14.9 Å². The van der Waals surface area contributed by atoms with E-state index in [9.17, 15) is 14.0 Å². The summed E-state index contributed by atoms with van der Waals surface area (Å²) in [4.78, 5) is 30.8. The van der Waals surface area contributed by atoms with Gasteiger partial charge in [0.05, 0.1) is 6.54 Å². The van der Waals surface area contributed by atoms with E-state index in [1.807, 2.05) is 0 Å². The number of thiazole rings is 1. The number of carbonyl (C=O) groups excluding carboxylic acids is 2. The number of rotatable bonds is 12. The summed E-state index contributed by atoms with van der Waals surface area (Å²) in [6.45, 7) is 2.22. The molecule has 0 aliphatic heterocycles. The SMILES string of the molecule is COCCCNC(=O)c1csc(CN(CCCOC)C(=O)Nc2cccc(F)c2)n1. The van der Waals surface area contributed by atoms with Gasteiger partial charge in [0.15, 0.2) is 0 Å². The number of halogens is 1. The Bertz CT molecular complexity index is 818. The largest absolute Gasteiger partial charge is 0.385 e. The van der Waals surface area contributed by atoms with E-state index in [0.29, 0.717) is 55.5 Å². The second kappa shape index (κ2) is 12.9. The molecule has 0 unspecified atom stereocenters. The van der Waals surface area contributed by atoms with Gasteiger partial charge in [-0.3, -0.25) is 4.79 Å². The summed E-state index contributed by atoms with van der Waals surface area (Å²) in [6.07, 6.45) is 1.35. The summed E-state index contributed by atoms with van der Waals surface area (Å²) in [7, 11) is 3.20. The van der Waals surface area contributed by atoms with E-state index in [4.69, 9.17) is 9.47 Å². The van der Waals surface area contributed by atoms with E-state index in [1.54, 1.807) is 30.6 Å². The summed E-state index contributed by atoms with van der Waals surface area (Å²) in [5.41, 5.74) is 0.682. The Hall–Kier alpha value is -2.56. The molecule has 1 aromatic heterocycles. The van der Waals surface area contributed by atoms with Crippen LogP contribution in [0.15, 0.2) is 29.6 Å². The lowest BCUT2D eigenvalue weighted by molar-refractivity contribution is 0.0944. The van der Waals surface area contributed by atoms with Crippen molar-refractivity contribution in [2.24, 2.45) is 0 Å². The standard InChI is InChI=1S/C20H27FN4O4S/c1-28-10-4-8-22-19(26)17-14-30-18(24-17)13-25(9-5-11-29-2)20(27)23-16-7-3-6-15(21)12-16/h3,6-7,12,14H,4-5,8-11,13H2,1-2H3,(H,22,26)(H,23,27). The maximum absolute atomic E-state index is 13.4. The molecule has 30 heavy (non-hydrogen) atoms. The fourth-order valence-corrected chi connectivity index (χ4v) is 3.37. The van der Waals surface area contributed by atoms with Crippen LogP contribution in [0.2, 0.25) is 0 Å². The first kappa shape index (κ1) is 23.7. The molecule has 8 nitrogen and oxygen atoms in total. The Kier molecular flexibility index (Phi) is 10.2. The van der Waals surface area contributed by atoms with Crippen molar-refractivity contribution in [3.05, 3.63) is 46.2 Å². The van der Waals surface area contributed by atoms with E-state index >= 15 is 0 Å². The number of amides is 3. The molecule has 1 aromatic carbocycles. The highest BCUT2D eigenvalue weighted by Gasteiger charge is 2.18. The third-order valence-corrected chi connectivity index (χ3v) is 4.89. The number of aromatic nitrogens is 1. The molecule has 3 amide bonds. The van der Waals surface area contributed by atoms with Gasteiger partial charge in [0.2, 0.25) is 0 Å². The Morgan fingerprint density at radius 1 is 1.20 bits per heavy atom. The molecule has 0 aliphatic rings. The first-order valence-corrected chi connectivity index (χ1v) is 10.4. The van der Waals surface area contributed by atoms with Gasteiger partial charge in [-0.25, -0.2) is 14.2 Å². The van der Waals surface area contributed by atoms with Gasteiger partial charge in [-0.15, -0.1) is 11.3 Å². The van der Waals surface area contributed by atoms with Crippen molar-refractivity contribution in [2.45, 2.75) is 19.4 Å². The molecule has 0 saturated heterocycles. The molecule has 10 heteroatoms. The average Bonchev–Trinajstić information content (AvgIpc) is 3.19. The second-order valence-corrected chi connectivity index (χ2v) is 7.38. The normalized spacial score (nSPS) is 10.6. The molecular weight excluding hydrogens is 411 g/mol. The monoisotopic (exact) mass is 438 g/mol. The fourth-order valence-electron chi connectivity index (χ4n) is 2.58. The number of urea groups is 1. The number of nitrogens with zero attached hydrogens (tertiary/aromatic N) is 2. The van der Waals surface area contributed by atoms with Crippen LogP contribution < -0.4 is 10.6 Å². The summed E-state index contributed by atoms with van der Waals surface area (Å²) < 4.78 is 23.4. The number of ether oxygens (including phenoxy) is 2. The number of anilines is 1. The van der Waals surface area contributed by atoms with Gasteiger partial charge in [-0.1, -0.05) is 6.07 Å². The Morgan fingerprint density at radius 2 is 1.97 bits per heavy atom. The van der Waals surface area contributed by atoms with Gasteiger partial charge in [-0.2, -0.15) is 0 Å². The van der Waals surface area contributed by atoms with Gasteiger partial charge in [0.25, 0.3) is 5.91 Å². The minimum absolute atomic E-state index is 0.229. The first-order chi connectivity index (χ1) is 14.5. The van der Waals surface area contributed by atoms with Crippen LogP contribution in [0.3, 0.4) is 0 Å². The van der Waals surface area contributed by atoms with Gasteiger partial charge in [-0.05, 0) is 31.0 Å². The van der Waals surface area contributed by atoms with Gasteiger partial charge < -0.3 is 25.0 Å². The minimum atomic E-state index is -0.431. The zero-order valence-electron chi connectivity index (χ0n) is 17.2. The molecule has 0 atom stereocenters. The Labute approximate surface area is 179 Å². The maximum Gasteiger partial charge on any atom is 0.322 e. The molecule has 2 N–H and O–H groups in total. The van der Waals surface area contributed by atoms with Crippen LogP contribution in [-0.4, -0.2) is 62.3 Å². The minimum Gasteiger partial charge on any atom is -0.385 e. The zero-order chi connectivity index (χ0) is 21.8. The van der Waals surface area contributed by atoms with E-state index < -0.39 is 5.82 Å². The number of benzene rings is 1. The van der Waals surface area contributed by atoms with Crippen molar-refractivity contribution in [3.63, 3.8) is 0 Å². The van der Waals surface area contributed by atoms with Crippen LogP contribution >= 0.6 is 11.3 Å². The highest BCUT2D eigenvalue weighted by atomic mass is 32.1. The van der Waals surface area contributed by atoms with E-state index in [0.717, 1.165) is 0 Å². The van der Waals surface area contributed by atoms with Crippen molar-refractivity contribution >= 4 is 29.0 Å². The molecule has 0 aliphatic carbocycles. The lowest BCUT2D eigenvalue weighted by Gasteiger charge is -2.22. The Morgan fingerprint density at radius 3 is 2.70 bits per heavy atom. The van der Waals surface area contributed by atoms with Crippen molar-refractivity contribution < 1.29 is 23.5 Å². The molecule has 0 bridgehead atoms. The molecule has 164 valence electrons.